The summed E-state index contributed by atoms with van der Waals surface area (Å²) >= 11 is 12.0. The maximum absolute atomic E-state index is 14.1. The number of hydrogen-bond donors (Lipinski definition) is 0. The second-order valence-electron chi connectivity index (χ2n) is 8.36. The number of aromatic nitrogens is 7. The van der Waals surface area contributed by atoms with Crippen molar-refractivity contribution in [1.82, 2.24) is 33.9 Å². The Hall–Kier alpha value is -4.23. The van der Waals surface area contributed by atoms with Crippen molar-refractivity contribution in [2.45, 2.75) is 13.1 Å². The van der Waals surface area contributed by atoms with Crippen LogP contribution < -0.4 is 16.0 Å². The van der Waals surface area contributed by atoms with E-state index in [4.69, 9.17) is 27.9 Å². The highest BCUT2D eigenvalue weighted by molar-refractivity contribution is 6.33. The molecule has 0 bridgehead atoms. The van der Waals surface area contributed by atoms with Gasteiger partial charge in [0.15, 0.2) is 23.0 Å². The summed E-state index contributed by atoms with van der Waals surface area (Å²) in [7, 11) is 2.91. The molecule has 5 aromatic rings. The van der Waals surface area contributed by atoms with Gasteiger partial charge >= 0.3 is 5.69 Å². The molecule has 39 heavy (non-hydrogen) atoms. The molecular formula is C24H16Cl2F3N7O3. The SMILES string of the molecule is COc1nc2c(=O)n(Cc3ncn(C)n3)c(=O)n(Cc3cc(F)c(F)c(Cl)c3)c2cc1-c1ncc(F)cc1Cl. The van der Waals surface area contributed by atoms with Gasteiger partial charge in [-0.1, -0.05) is 23.2 Å². The summed E-state index contributed by atoms with van der Waals surface area (Å²) in [6, 6.07) is 4.44. The third-order valence-corrected chi connectivity index (χ3v) is 6.32. The monoisotopic (exact) mass is 577 g/mol. The van der Waals surface area contributed by atoms with Crippen molar-refractivity contribution in [1.29, 1.82) is 0 Å². The Morgan fingerprint density at radius 1 is 0.974 bits per heavy atom. The highest BCUT2D eigenvalue weighted by atomic mass is 35.5. The second-order valence-corrected chi connectivity index (χ2v) is 9.18. The van der Waals surface area contributed by atoms with Gasteiger partial charge < -0.3 is 4.74 Å². The van der Waals surface area contributed by atoms with Crippen LogP contribution >= 0.6 is 23.2 Å². The summed E-state index contributed by atoms with van der Waals surface area (Å²) in [5.74, 6) is -3.05. The first-order chi connectivity index (χ1) is 18.6. The molecule has 0 atom stereocenters. The van der Waals surface area contributed by atoms with E-state index in [1.165, 1.54) is 24.2 Å². The smallest absolute Gasteiger partial charge is 0.332 e. The topological polar surface area (TPSA) is 110 Å². The zero-order valence-electron chi connectivity index (χ0n) is 20.1. The van der Waals surface area contributed by atoms with Crippen molar-refractivity contribution in [2.24, 2.45) is 7.05 Å². The van der Waals surface area contributed by atoms with Crippen LogP contribution in [0, 0.1) is 17.5 Å². The number of benzene rings is 1. The predicted octanol–water partition coefficient (Wildman–Crippen LogP) is 3.58. The average molecular weight is 578 g/mol. The van der Waals surface area contributed by atoms with Crippen molar-refractivity contribution in [3.05, 3.63) is 96.5 Å². The normalized spacial score (nSPS) is 11.4. The minimum absolute atomic E-state index is 0.00548. The molecule has 4 aromatic heterocycles. The second kappa shape index (κ2) is 10.2. The molecule has 0 saturated heterocycles. The average Bonchev–Trinajstić information content (AvgIpc) is 3.31. The largest absolute Gasteiger partial charge is 0.480 e. The first-order valence-electron chi connectivity index (χ1n) is 11.1. The molecule has 0 spiro atoms. The molecule has 0 fully saturated rings. The Bertz CT molecular complexity index is 1870. The van der Waals surface area contributed by atoms with E-state index in [9.17, 15) is 22.8 Å². The molecule has 15 heteroatoms. The zero-order valence-corrected chi connectivity index (χ0v) is 21.6. The molecular weight excluding hydrogens is 562 g/mol. The van der Waals surface area contributed by atoms with Gasteiger partial charge in [0.1, 0.15) is 12.1 Å². The fourth-order valence-electron chi connectivity index (χ4n) is 4.02. The maximum atomic E-state index is 14.1. The van der Waals surface area contributed by atoms with E-state index in [0.29, 0.717) is 0 Å². The summed E-state index contributed by atoms with van der Waals surface area (Å²) in [6.45, 7) is -0.635. The Morgan fingerprint density at radius 2 is 1.74 bits per heavy atom. The number of fused-ring (bicyclic) bond motifs is 1. The molecule has 0 aliphatic rings. The molecule has 4 heterocycles. The van der Waals surface area contributed by atoms with Gasteiger partial charge in [-0.25, -0.2) is 27.9 Å². The molecule has 0 amide bonds. The number of aryl methyl sites for hydroxylation is 1. The van der Waals surface area contributed by atoms with Gasteiger partial charge in [0.05, 0.1) is 53.2 Å². The van der Waals surface area contributed by atoms with Gasteiger partial charge in [-0.05, 0) is 29.8 Å². The van der Waals surface area contributed by atoms with E-state index in [0.717, 1.165) is 33.5 Å². The van der Waals surface area contributed by atoms with Gasteiger partial charge in [-0.15, -0.1) is 0 Å². The van der Waals surface area contributed by atoms with Crippen LogP contribution in [0.2, 0.25) is 10.0 Å². The summed E-state index contributed by atoms with van der Waals surface area (Å²) in [4.78, 5) is 39.6. The number of hydrogen-bond acceptors (Lipinski definition) is 7. The lowest BCUT2D eigenvalue weighted by atomic mass is 10.1. The molecule has 0 aliphatic heterocycles. The molecule has 5 rings (SSSR count). The lowest BCUT2D eigenvalue weighted by molar-refractivity contribution is 0.400. The summed E-state index contributed by atoms with van der Waals surface area (Å²) in [5.41, 5.74) is -1.47. The van der Waals surface area contributed by atoms with Gasteiger partial charge in [-0.2, -0.15) is 5.10 Å². The molecule has 200 valence electrons. The van der Waals surface area contributed by atoms with E-state index in [1.807, 2.05) is 0 Å². The quantitative estimate of drug-likeness (QED) is 0.284. The summed E-state index contributed by atoms with van der Waals surface area (Å²) in [5, 5.41) is 3.54. The third kappa shape index (κ3) is 4.86. The minimum Gasteiger partial charge on any atom is -0.480 e. The van der Waals surface area contributed by atoms with E-state index in [1.54, 1.807) is 7.05 Å². The van der Waals surface area contributed by atoms with Crippen LogP contribution in [0.4, 0.5) is 13.2 Å². The van der Waals surface area contributed by atoms with Crippen molar-refractivity contribution >= 4 is 34.2 Å². The molecule has 0 saturated carbocycles. The van der Waals surface area contributed by atoms with E-state index in [-0.39, 0.29) is 57.7 Å². The van der Waals surface area contributed by atoms with Crippen LogP contribution in [0.15, 0.2) is 46.4 Å². The Morgan fingerprint density at radius 3 is 2.38 bits per heavy atom. The van der Waals surface area contributed by atoms with E-state index >= 15 is 0 Å². The van der Waals surface area contributed by atoms with Crippen LogP contribution in [0.5, 0.6) is 5.88 Å². The third-order valence-electron chi connectivity index (χ3n) is 5.75. The first kappa shape index (κ1) is 26.4. The molecule has 1 aromatic carbocycles. The van der Waals surface area contributed by atoms with Crippen molar-refractivity contribution in [3.8, 4) is 17.1 Å². The van der Waals surface area contributed by atoms with Crippen LogP contribution in [0.1, 0.15) is 11.4 Å². The van der Waals surface area contributed by atoms with E-state index < -0.39 is 33.7 Å². The molecule has 0 aliphatic carbocycles. The fraction of sp³-hybridized carbons (Fsp3) is 0.167. The fourth-order valence-corrected chi connectivity index (χ4v) is 4.51. The maximum Gasteiger partial charge on any atom is 0.332 e. The molecule has 0 N–H and O–H groups in total. The summed E-state index contributed by atoms with van der Waals surface area (Å²) in [6.07, 6.45) is 2.33. The van der Waals surface area contributed by atoms with Crippen LogP contribution in [0.25, 0.3) is 22.3 Å². The predicted molar refractivity (Wildman–Crippen MR) is 136 cm³/mol. The number of methoxy groups -OCH3 is 1. The minimum atomic E-state index is -1.24. The molecule has 0 radical (unpaired) electrons. The zero-order chi connectivity index (χ0) is 28.0. The lowest BCUT2D eigenvalue weighted by Gasteiger charge is -2.16. The first-order valence-corrected chi connectivity index (χ1v) is 11.8. The standard InChI is InChI=1S/C24H16Cl2F3N7O3/c1-34-10-31-18(33-34)9-36-23(37)21-17(35(24(36)38)8-11-3-14(25)19(29)16(28)4-11)6-13(22(32-21)39-2)20-15(26)5-12(27)7-30-20/h3-7,10H,8-9H2,1-2H3. The van der Waals surface area contributed by atoms with Crippen molar-refractivity contribution < 1.29 is 17.9 Å². The van der Waals surface area contributed by atoms with Gasteiger partial charge in [-0.3, -0.25) is 23.6 Å². The van der Waals surface area contributed by atoms with Gasteiger partial charge in [0.25, 0.3) is 5.56 Å². The van der Waals surface area contributed by atoms with E-state index in [2.05, 4.69) is 20.1 Å². The number of nitrogens with zero attached hydrogens (tertiary/aromatic N) is 7. The Labute approximate surface area is 226 Å². The number of rotatable bonds is 6. The Kier molecular flexibility index (Phi) is 6.87. The summed E-state index contributed by atoms with van der Waals surface area (Å²) < 4.78 is 50.4. The van der Waals surface area contributed by atoms with Crippen LogP contribution in [-0.2, 0) is 20.1 Å². The van der Waals surface area contributed by atoms with Crippen LogP contribution in [-0.4, -0.2) is 41.0 Å². The highest BCUT2D eigenvalue weighted by Crippen LogP contribution is 2.34. The van der Waals surface area contributed by atoms with Gasteiger partial charge in [0.2, 0.25) is 5.88 Å². The molecule has 10 nitrogen and oxygen atoms in total. The lowest BCUT2D eigenvalue weighted by Crippen LogP contribution is -2.41. The van der Waals surface area contributed by atoms with Crippen molar-refractivity contribution in [3.63, 3.8) is 0 Å². The molecule has 0 unspecified atom stereocenters. The number of halogens is 5. The Balaban J connectivity index is 1.81. The van der Waals surface area contributed by atoms with Crippen molar-refractivity contribution in [2.75, 3.05) is 7.11 Å². The van der Waals surface area contributed by atoms with Gasteiger partial charge in [0, 0.05) is 7.05 Å². The van der Waals surface area contributed by atoms with Crippen LogP contribution in [0.3, 0.4) is 0 Å². The highest BCUT2D eigenvalue weighted by Gasteiger charge is 2.22. The number of pyridine rings is 2. The number of ether oxygens (including phenoxy) is 1.